The van der Waals surface area contributed by atoms with E-state index in [2.05, 4.69) is 28.2 Å². The van der Waals surface area contributed by atoms with Gasteiger partial charge in [0, 0.05) is 12.6 Å². The Kier molecular flexibility index (Phi) is 6.89. The number of hydrogen-bond acceptors (Lipinski definition) is 3. The maximum atomic E-state index is 12.4. The van der Waals surface area contributed by atoms with Crippen molar-refractivity contribution in [3.63, 3.8) is 0 Å². The molecule has 0 unspecified atom stereocenters. The Bertz CT molecular complexity index is 405. The van der Waals surface area contributed by atoms with Crippen LogP contribution < -0.4 is 5.32 Å². The normalized spacial score (nSPS) is 15.9. The van der Waals surface area contributed by atoms with E-state index in [0.29, 0.717) is 16.5 Å². The molecule has 1 fully saturated rings. The van der Waals surface area contributed by atoms with Gasteiger partial charge in [0.05, 0.1) is 0 Å². The third-order valence-electron chi connectivity index (χ3n) is 3.26. The van der Waals surface area contributed by atoms with Crippen LogP contribution in [0.25, 0.3) is 0 Å². The van der Waals surface area contributed by atoms with Gasteiger partial charge in [-0.05, 0) is 60.4 Å². The summed E-state index contributed by atoms with van der Waals surface area (Å²) in [7, 11) is 0. The summed E-state index contributed by atoms with van der Waals surface area (Å²) in [6, 6.07) is 3.83. The molecule has 1 aliphatic heterocycles. The summed E-state index contributed by atoms with van der Waals surface area (Å²) in [6.07, 6.45) is 3.01. The average molecular weight is 352 g/mol. The molecule has 0 aliphatic carbocycles. The fraction of sp³-hybridized carbons (Fsp3) is 0.615. The zero-order chi connectivity index (χ0) is 13.0. The van der Waals surface area contributed by atoms with Gasteiger partial charge in [-0.2, -0.15) is 0 Å². The number of furan rings is 1. The third-order valence-corrected chi connectivity index (χ3v) is 3.69. The fourth-order valence-electron chi connectivity index (χ4n) is 2.38. The minimum Gasteiger partial charge on any atom is -0.444 e. The first-order chi connectivity index (χ1) is 8.72. The summed E-state index contributed by atoms with van der Waals surface area (Å²) in [5.41, 5.74) is 0. The fourth-order valence-corrected chi connectivity index (χ4v) is 2.69. The molecular weight excluding hydrogens is 332 g/mol. The zero-order valence-corrected chi connectivity index (χ0v) is 13.4. The molecule has 1 aromatic heterocycles. The zero-order valence-electron chi connectivity index (χ0n) is 11.0. The molecule has 2 rings (SSSR count). The van der Waals surface area contributed by atoms with Gasteiger partial charge in [0.25, 0.3) is 5.91 Å². The van der Waals surface area contributed by atoms with Crippen LogP contribution in [0.2, 0.25) is 0 Å². The van der Waals surface area contributed by atoms with Crippen molar-refractivity contribution in [2.75, 3.05) is 19.6 Å². The minimum atomic E-state index is 0. The number of nitrogens with one attached hydrogen (secondary N) is 1. The molecule has 4 nitrogen and oxygen atoms in total. The number of carbonyl (C=O) groups is 1. The van der Waals surface area contributed by atoms with Crippen LogP contribution in [0.5, 0.6) is 0 Å². The third kappa shape index (κ3) is 4.23. The molecule has 1 aliphatic rings. The highest BCUT2D eigenvalue weighted by Gasteiger charge is 2.27. The van der Waals surface area contributed by atoms with Gasteiger partial charge >= 0.3 is 0 Å². The highest BCUT2D eigenvalue weighted by molar-refractivity contribution is 9.10. The van der Waals surface area contributed by atoms with E-state index in [9.17, 15) is 4.79 Å². The number of nitrogens with zero attached hydrogens (tertiary/aromatic N) is 1. The van der Waals surface area contributed by atoms with Crippen molar-refractivity contribution in [2.45, 2.75) is 32.2 Å². The molecule has 19 heavy (non-hydrogen) atoms. The maximum Gasteiger partial charge on any atom is 0.289 e. The average Bonchev–Trinajstić information content (AvgIpc) is 2.83. The molecule has 1 aromatic rings. The van der Waals surface area contributed by atoms with Crippen LogP contribution in [0.3, 0.4) is 0 Å². The second kappa shape index (κ2) is 7.92. The molecule has 1 amide bonds. The Hall–Kier alpha value is -0.520. The highest BCUT2D eigenvalue weighted by atomic mass is 79.9. The Morgan fingerprint density at radius 3 is 2.68 bits per heavy atom. The Balaban J connectivity index is 0.00000180. The van der Waals surface area contributed by atoms with Crippen molar-refractivity contribution in [1.29, 1.82) is 0 Å². The lowest BCUT2D eigenvalue weighted by molar-refractivity contribution is 0.0609. The Labute approximate surface area is 128 Å². The SMILES string of the molecule is CCCN(C(=O)c1ccc(Br)o1)C1CCNCC1.Cl. The Morgan fingerprint density at radius 2 is 2.16 bits per heavy atom. The van der Waals surface area contributed by atoms with Gasteiger partial charge < -0.3 is 14.6 Å². The molecule has 0 atom stereocenters. The highest BCUT2D eigenvalue weighted by Crippen LogP contribution is 2.20. The molecular formula is C13H20BrClN2O2. The second-order valence-electron chi connectivity index (χ2n) is 4.58. The summed E-state index contributed by atoms with van der Waals surface area (Å²) >= 11 is 3.24. The van der Waals surface area contributed by atoms with E-state index in [1.807, 2.05) is 4.90 Å². The quantitative estimate of drug-likeness (QED) is 0.907. The van der Waals surface area contributed by atoms with E-state index < -0.39 is 0 Å². The molecule has 0 radical (unpaired) electrons. The largest absolute Gasteiger partial charge is 0.444 e. The van der Waals surface area contributed by atoms with Gasteiger partial charge in [0.2, 0.25) is 0 Å². The lowest BCUT2D eigenvalue weighted by Gasteiger charge is -2.34. The number of hydrogen-bond donors (Lipinski definition) is 1. The number of halogens is 2. The molecule has 1 saturated heterocycles. The number of piperidine rings is 1. The van der Waals surface area contributed by atoms with Crippen molar-refractivity contribution < 1.29 is 9.21 Å². The Morgan fingerprint density at radius 1 is 1.47 bits per heavy atom. The van der Waals surface area contributed by atoms with Gasteiger partial charge in [-0.3, -0.25) is 4.79 Å². The number of carbonyl (C=O) groups excluding carboxylic acids is 1. The predicted octanol–water partition coefficient (Wildman–Crippen LogP) is 3.07. The van der Waals surface area contributed by atoms with Crippen molar-refractivity contribution in [3.05, 3.63) is 22.6 Å². The van der Waals surface area contributed by atoms with Crippen LogP contribution in [0, 0.1) is 0 Å². The van der Waals surface area contributed by atoms with Crippen LogP contribution in [0.4, 0.5) is 0 Å². The molecule has 108 valence electrons. The van der Waals surface area contributed by atoms with E-state index in [1.165, 1.54) is 0 Å². The first kappa shape index (κ1) is 16.5. The first-order valence-corrected chi connectivity index (χ1v) is 7.28. The number of amides is 1. The van der Waals surface area contributed by atoms with Gasteiger partial charge in [-0.1, -0.05) is 6.92 Å². The molecule has 0 bridgehead atoms. The van der Waals surface area contributed by atoms with E-state index >= 15 is 0 Å². The van der Waals surface area contributed by atoms with E-state index in [-0.39, 0.29) is 18.3 Å². The second-order valence-corrected chi connectivity index (χ2v) is 5.37. The monoisotopic (exact) mass is 350 g/mol. The topological polar surface area (TPSA) is 45.5 Å². The van der Waals surface area contributed by atoms with Gasteiger partial charge in [-0.15, -0.1) is 12.4 Å². The lowest BCUT2D eigenvalue weighted by Crippen LogP contribution is -2.46. The molecule has 0 saturated carbocycles. The van der Waals surface area contributed by atoms with Crippen LogP contribution in [0.15, 0.2) is 21.2 Å². The minimum absolute atomic E-state index is 0. The molecule has 0 spiro atoms. The van der Waals surface area contributed by atoms with Crippen molar-refractivity contribution >= 4 is 34.2 Å². The van der Waals surface area contributed by atoms with E-state index in [4.69, 9.17) is 4.42 Å². The summed E-state index contributed by atoms with van der Waals surface area (Å²) in [5, 5.41) is 3.33. The first-order valence-electron chi connectivity index (χ1n) is 6.49. The summed E-state index contributed by atoms with van der Waals surface area (Å²) in [5.74, 6) is 0.434. The smallest absolute Gasteiger partial charge is 0.289 e. The van der Waals surface area contributed by atoms with Gasteiger partial charge in [-0.25, -0.2) is 0 Å². The molecule has 1 N–H and O–H groups in total. The van der Waals surface area contributed by atoms with Crippen molar-refractivity contribution in [3.8, 4) is 0 Å². The van der Waals surface area contributed by atoms with Crippen LogP contribution >= 0.6 is 28.3 Å². The van der Waals surface area contributed by atoms with Crippen LogP contribution in [-0.2, 0) is 0 Å². The van der Waals surface area contributed by atoms with Crippen LogP contribution in [0.1, 0.15) is 36.7 Å². The molecule has 2 heterocycles. The summed E-state index contributed by atoms with van der Waals surface area (Å²) in [6.45, 7) is 4.86. The van der Waals surface area contributed by atoms with Gasteiger partial charge in [0.1, 0.15) is 0 Å². The molecule has 6 heteroatoms. The number of rotatable bonds is 4. The predicted molar refractivity (Wildman–Crippen MR) is 80.9 cm³/mol. The standard InChI is InChI=1S/C13H19BrN2O2.ClH/c1-2-9-16(10-5-7-15-8-6-10)13(17)11-3-4-12(14)18-11;/h3-4,10,15H,2,5-9H2,1H3;1H. The lowest BCUT2D eigenvalue weighted by atomic mass is 10.0. The van der Waals surface area contributed by atoms with Crippen molar-refractivity contribution in [2.24, 2.45) is 0 Å². The van der Waals surface area contributed by atoms with E-state index in [0.717, 1.165) is 38.9 Å². The summed E-state index contributed by atoms with van der Waals surface area (Å²) in [4.78, 5) is 14.4. The van der Waals surface area contributed by atoms with Gasteiger partial charge in [0.15, 0.2) is 10.4 Å². The summed E-state index contributed by atoms with van der Waals surface area (Å²) < 4.78 is 5.98. The molecule has 0 aromatic carbocycles. The maximum absolute atomic E-state index is 12.4. The van der Waals surface area contributed by atoms with Crippen molar-refractivity contribution in [1.82, 2.24) is 10.2 Å². The van der Waals surface area contributed by atoms with E-state index in [1.54, 1.807) is 12.1 Å². The van der Waals surface area contributed by atoms with Crippen LogP contribution in [-0.4, -0.2) is 36.5 Å².